The number of aromatic nitrogens is 2. The van der Waals surface area contributed by atoms with Gasteiger partial charge in [0.15, 0.2) is 0 Å². The summed E-state index contributed by atoms with van der Waals surface area (Å²) in [4.78, 5) is 0. The molecule has 0 bridgehead atoms. The fraction of sp³-hybridized carbons (Fsp3) is 0. The van der Waals surface area contributed by atoms with Gasteiger partial charge >= 0.3 is 0 Å². The van der Waals surface area contributed by atoms with E-state index < -0.39 is 0 Å². The molecule has 0 aliphatic carbocycles. The van der Waals surface area contributed by atoms with Gasteiger partial charge in [0.05, 0.1) is 22.1 Å². The van der Waals surface area contributed by atoms with Gasteiger partial charge in [-0.05, 0) is 92.8 Å². The minimum Gasteiger partial charge on any atom is -0.309 e. The van der Waals surface area contributed by atoms with Crippen molar-refractivity contribution in [3.8, 4) is 33.6 Å². The second kappa shape index (κ2) is 11.3. The Morgan fingerprint density at radius 1 is 0.269 bits per heavy atom. The molecule has 52 heavy (non-hydrogen) atoms. The van der Waals surface area contributed by atoms with Crippen molar-refractivity contribution in [2.45, 2.75) is 0 Å². The molecular weight excluding hydrogens is 629 g/mol. The Labute approximate surface area is 301 Å². The van der Waals surface area contributed by atoms with Crippen LogP contribution in [-0.2, 0) is 0 Å². The zero-order chi connectivity index (χ0) is 34.2. The predicted octanol–water partition coefficient (Wildman–Crippen LogP) is 13.5. The summed E-state index contributed by atoms with van der Waals surface area (Å²) in [5.74, 6) is 0. The molecule has 0 N–H and O–H groups in total. The van der Waals surface area contributed by atoms with Gasteiger partial charge in [-0.25, -0.2) is 0 Å². The summed E-state index contributed by atoms with van der Waals surface area (Å²) < 4.78 is 4.90. The van der Waals surface area contributed by atoms with E-state index in [1.807, 2.05) is 0 Å². The van der Waals surface area contributed by atoms with Gasteiger partial charge in [-0.2, -0.15) is 0 Å². The molecular formula is C50H32N2. The van der Waals surface area contributed by atoms with Crippen molar-refractivity contribution >= 4 is 65.2 Å². The van der Waals surface area contributed by atoms with Gasteiger partial charge in [-0.3, -0.25) is 0 Å². The molecule has 0 aliphatic heterocycles. The highest BCUT2D eigenvalue weighted by molar-refractivity contribution is 6.22. The molecule has 0 fully saturated rings. The van der Waals surface area contributed by atoms with E-state index in [9.17, 15) is 0 Å². The Kier molecular flexibility index (Phi) is 6.28. The normalized spacial score (nSPS) is 11.8. The Bertz CT molecular complexity index is 3160. The molecule has 242 valence electrons. The first-order chi connectivity index (χ1) is 25.8. The fourth-order valence-corrected chi connectivity index (χ4v) is 8.51. The standard InChI is InChI=1S/C50H32N2/c1-2-12-33(13-3-1)35-22-26-39(27-23-35)52-47-21-11-9-19-43(47)45-31-37-16-6-7-17-41(37)49(50(45)52)38-25-29-48-44(32-38)42-18-8-10-20-46(42)51(48)40-28-24-34-14-4-5-15-36(34)30-40/h1-32H. The van der Waals surface area contributed by atoms with Crippen LogP contribution in [0.15, 0.2) is 194 Å². The average Bonchev–Trinajstić information content (AvgIpc) is 3.72. The maximum atomic E-state index is 2.48. The van der Waals surface area contributed by atoms with E-state index in [-0.39, 0.29) is 0 Å². The zero-order valence-electron chi connectivity index (χ0n) is 28.4. The summed E-state index contributed by atoms with van der Waals surface area (Å²) in [6.45, 7) is 0. The highest BCUT2D eigenvalue weighted by Crippen LogP contribution is 2.44. The van der Waals surface area contributed by atoms with Crippen LogP contribution >= 0.6 is 0 Å². The number of hydrogen-bond donors (Lipinski definition) is 0. The van der Waals surface area contributed by atoms with Crippen LogP contribution in [0.4, 0.5) is 0 Å². The lowest BCUT2D eigenvalue weighted by atomic mass is 9.93. The molecule has 0 saturated carbocycles. The van der Waals surface area contributed by atoms with Gasteiger partial charge in [0.2, 0.25) is 0 Å². The third-order valence-electron chi connectivity index (χ3n) is 10.9. The molecule has 2 nitrogen and oxygen atoms in total. The van der Waals surface area contributed by atoms with Crippen LogP contribution in [-0.4, -0.2) is 9.13 Å². The molecule has 2 aromatic heterocycles. The Balaban J connectivity index is 1.21. The molecule has 0 saturated heterocycles. The maximum Gasteiger partial charge on any atom is 0.0625 e. The molecule has 0 unspecified atom stereocenters. The van der Waals surface area contributed by atoms with Crippen molar-refractivity contribution in [3.63, 3.8) is 0 Å². The fourth-order valence-electron chi connectivity index (χ4n) is 8.51. The Hall–Kier alpha value is -6.90. The van der Waals surface area contributed by atoms with Crippen LogP contribution in [0, 0.1) is 0 Å². The van der Waals surface area contributed by atoms with Crippen molar-refractivity contribution in [3.05, 3.63) is 194 Å². The van der Waals surface area contributed by atoms with E-state index in [4.69, 9.17) is 0 Å². The van der Waals surface area contributed by atoms with Gasteiger partial charge in [0, 0.05) is 38.5 Å². The Morgan fingerprint density at radius 2 is 0.827 bits per heavy atom. The van der Waals surface area contributed by atoms with Gasteiger partial charge in [0.1, 0.15) is 0 Å². The van der Waals surface area contributed by atoms with Crippen LogP contribution in [0.1, 0.15) is 0 Å². The van der Waals surface area contributed by atoms with E-state index >= 15 is 0 Å². The lowest BCUT2D eigenvalue weighted by Gasteiger charge is -2.15. The molecule has 0 spiro atoms. The number of para-hydroxylation sites is 2. The molecule has 0 amide bonds. The topological polar surface area (TPSA) is 9.86 Å². The first kappa shape index (κ1) is 28.9. The first-order valence-corrected chi connectivity index (χ1v) is 17.9. The highest BCUT2D eigenvalue weighted by Gasteiger charge is 2.21. The number of rotatable bonds is 4. The molecule has 2 heterocycles. The van der Waals surface area contributed by atoms with Crippen LogP contribution in [0.25, 0.3) is 98.8 Å². The predicted molar refractivity (Wildman–Crippen MR) is 221 cm³/mol. The highest BCUT2D eigenvalue weighted by atomic mass is 15.0. The van der Waals surface area contributed by atoms with Gasteiger partial charge in [-0.15, -0.1) is 0 Å². The summed E-state index contributed by atoms with van der Waals surface area (Å²) in [5, 5.41) is 9.99. The molecule has 0 radical (unpaired) electrons. The zero-order valence-corrected chi connectivity index (χ0v) is 28.4. The van der Waals surface area contributed by atoms with Crippen molar-refractivity contribution in [2.75, 3.05) is 0 Å². The van der Waals surface area contributed by atoms with Crippen molar-refractivity contribution in [1.29, 1.82) is 0 Å². The molecule has 9 aromatic carbocycles. The second-order valence-electron chi connectivity index (χ2n) is 13.8. The summed E-state index contributed by atoms with van der Waals surface area (Å²) >= 11 is 0. The number of benzene rings is 9. The first-order valence-electron chi connectivity index (χ1n) is 17.9. The van der Waals surface area contributed by atoms with E-state index in [1.165, 1.54) is 93.1 Å². The summed E-state index contributed by atoms with van der Waals surface area (Å²) in [6.07, 6.45) is 0. The maximum absolute atomic E-state index is 2.48. The monoisotopic (exact) mass is 660 g/mol. The van der Waals surface area contributed by atoms with Crippen molar-refractivity contribution < 1.29 is 0 Å². The largest absolute Gasteiger partial charge is 0.309 e. The van der Waals surface area contributed by atoms with E-state index in [1.54, 1.807) is 0 Å². The molecule has 0 aliphatic rings. The molecule has 0 atom stereocenters. The molecule has 11 rings (SSSR count). The minimum absolute atomic E-state index is 1.15. The van der Waals surface area contributed by atoms with Crippen molar-refractivity contribution in [1.82, 2.24) is 9.13 Å². The number of hydrogen-bond acceptors (Lipinski definition) is 0. The van der Waals surface area contributed by atoms with Crippen LogP contribution in [0.5, 0.6) is 0 Å². The van der Waals surface area contributed by atoms with Crippen LogP contribution in [0.3, 0.4) is 0 Å². The molecule has 2 heteroatoms. The average molecular weight is 661 g/mol. The van der Waals surface area contributed by atoms with Crippen LogP contribution < -0.4 is 0 Å². The summed E-state index contributed by atoms with van der Waals surface area (Å²) in [7, 11) is 0. The number of fused-ring (bicyclic) bond motifs is 8. The third-order valence-corrected chi connectivity index (χ3v) is 10.9. The minimum atomic E-state index is 1.15. The van der Waals surface area contributed by atoms with Gasteiger partial charge in [0.25, 0.3) is 0 Å². The van der Waals surface area contributed by atoms with E-state index in [0.29, 0.717) is 0 Å². The summed E-state index contributed by atoms with van der Waals surface area (Å²) in [5.41, 5.74) is 12.1. The Morgan fingerprint density at radius 3 is 1.62 bits per heavy atom. The van der Waals surface area contributed by atoms with E-state index in [0.717, 1.165) is 5.69 Å². The van der Waals surface area contributed by atoms with Gasteiger partial charge < -0.3 is 9.13 Å². The number of nitrogens with zero attached hydrogens (tertiary/aromatic N) is 2. The smallest absolute Gasteiger partial charge is 0.0625 e. The second-order valence-corrected chi connectivity index (χ2v) is 13.8. The summed E-state index contributed by atoms with van der Waals surface area (Å²) in [6, 6.07) is 71.1. The van der Waals surface area contributed by atoms with E-state index in [2.05, 4.69) is 203 Å². The lowest BCUT2D eigenvalue weighted by molar-refractivity contribution is 1.18. The van der Waals surface area contributed by atoms with Crippen LogP contribution in [0.2, 0.25) is 0 Å². The SMILES string of the molecule is c1ccc(-c2ccc(-n3c4ccccc4c4cc5ccccc5c(-c5ccc6c(c5)c5ccccc5n6-c5ccc6ccccc6c5)c43)cc2)cc1. The van der Waals surface area contributed by atoms with Gasteiger partial charge in [-0.1, -0.05) is 140 Å². The van der Waals surface area contributed by atoms with Crippen molar-refractivity contribution in [2.24, 2.45) is 0 Å². The quantitative estimate of drug-likeness (QED) is 0.178. The third kappa shape index (κ3) is 4.31. The molecule has 11 aromatic rings. The lowest BCUT2D eigenvalue weighted by Crippen LogP contribution is -1.97.